The van der Waals surface area contributed by atoms with Crippen molar-refractivity contribution in [3.63, 3.8) is 0 Å². The number of benzene rings is 1. The number of nitrogens with one attached hydrogen (secondary N) is 1. The van der Waals surface area contributed by atoms with Crippen molar-refractivity contribution >= 4 is 8.24 Å². The first kappa shape index (κ1) is 14.1. The van der Waals surface area contributed by atoms with E-state index in [1.165, 1.54) is 5.56 Å². The lowest BCUT2D eigenvalue weighted by Gasteiger charge is -2.18. The predicted octanol–water partition coefficient (Wildman–Crippen LogP) is 2.67. The van der Waals surface area contributed by atoms with Crippen molar-refractivity contribution in [1.29, 1.82) is 0 Å². The lowest BCUT2D eigenvalue weighted by molar-refractivity contribution is 0.354. The Labute approximate surface area is 105 Å². The van der Waals surface area contributed by atoms with E-state index in [1.54, 1.807) is 14.2 Å². The quantitative estimate of drug-likeness (QED) is 0.791. The van der Waals surface area contributed by atoms with Crippen LogP contribution in [-0.2, 0) is 6.42 Å². The molecule has 3 nitrogen and oxygen atoms in total. The summed E-state index contributed by atoms with van der Waals surface area (Å²) in [6, 6.07) is 6.10. The van der Waals surface area contributed by atoms with Gasteiger partial charge in [0.2, 0.25) is 0 Å². The molecule has 0 saturated carbocycles. The Morgan fingerprint density at radius 1 is 1.06 bits per heavy atom. The molecule has 0 aliphatic carbocycles. The normalized spacial score (nSPS) is 11.4. The summed E-state index contributed by atoms with van der Waals surface area (Å²) >= 11 is 0. The van der Waals surface area contributed by atoms with E-state index in [2.05, 4.69) is 30.7 Å². The maximum absolute atomic E-state index is 5.29. The van der Waals surface area contributed by atoms with Crippen LogP contribution in [0, 0.1) is 0 Å². The zero-order valence-corrected chi connectivity index (χ0v) is 12.5. The second kappa shape index (κ2) is 6.07. The van der Waals surface area contributed by atoms with Crippen molar-refractivity contribution in [3.8, 4) is 11.5 Å². The first-order valence-electron chi connectivity index (χ1n) is 5.92. The third-order valence-corrected chi connectivity index (χ3v) is 3.83. The van der Waals surface area contributed by atoms with Crippen LogP contribution in [0.3, 0.4) is 0 Å². The minimum Gasteiger partial charge on any atom is -0.493 e. The number of ether oxygens (including phenoxy) is 2. The first-order valence-corrected chi connectivity index (χ1v) is 9.42. The van der Waals surface area contributed by atoms with Crippen molar-refractivity contribution in [2.75, 3.05) is 20.8 Å². The Bertz CT molecular complexity index is 361. The molecule has 0 amide bonds. The molecule has 0 aliphatic rings. The number of hydrogen-bond donors (Lipinski definition) is 1. The molecule has 1 aromatic rings. The van der Waals surface area contributed by atoms with E-state index in [9.17, 15) is 0 Å². The molecule has 0 atom stereocenters. The topological polar surface area (TPSA) is 30.5 Å². The van der Waals surface area contributed by atoms with Crippen molar-refractivity contribution in [2.24, 2.45) is 0 Å². The average molecular weight is 253 g/mol. The van der Waals surface area contributed by atoms with Gasteiger partial charge in [0.05, 0.1) is 14.2 Å². The molecule has 96 valence electrons. The highest BCUT2D eigenvalue weighted by atomic mass is 28.3. The highest BCUT2D eigenvalue weighted by Gasteiger charge is 2.11. The lowest BCUT2D eigenvalue weighted by atomic mass is 10.1. The van der Waals surface area contributed by atoms with Gasteiger partial charge in [-0.25, -0.2) is 0 Å². The van der Waals surface area contributed by atoms with E-state index in [0.29, 0.717) is 0 Å². The monoisotopic (exact) mass is 253 g/mol. The molecule has 0 radical (unpaired) electrons. The standard InChI is InChI=1S/C13H23NO2Si/c1-15-12-7-6-11(10-13(12)16-2)8-9-14-17(3,4)5/h6-7,10,14H,8-9H2,1-5H3. The van der Waals surface area contributed by atoms with Crippen molar-refractivity contribution in [1.82, 2.24) is 4.98 Å². The van der Waals surface area contributed by atoms with Gasteiger partial charge in [0.1, 0.15) is 8.24 Å². The predicted molar refractivity (Wildman–Crippen MR) is 74.6 cm³/mol. The van der Waals surface area contributed by atoms with Gasteiger partial charge in [-0.1, -0.05) is 25.7 Å². The molecule has 0 saturated heterocycles. The van der Waals surface area contributed by atoms with E-state index in [0.717, 1.165) is 24.5 Å². The lowest BCUT2D eigenvalue weighted by Crippen LogP contribution is -2.42. The smallest absolute Gasteiger partial charge is 0.160 e. The van der Waals surface area contributed by atoms with Gasteiger partial charge < -0.3 is 14.5 Å². The summed E-state index contributed by atoms with van der Waals surface area (Å²) in [6.07, 6.45) is 1.02. The fourth-order valence-electron chi connectivity index (χ4n) is 1.62. The molecule has 0 fully saturated rings. The molecular formula is C13H23NO2Si. The molecule has 0 aromatic heterocycles. The molecule has 1 rings (SSSR count). The van der Waals surface area contributed by atoms with Gasteiger partial charge in [-0.15, -0.1) is 0 Å². The molecule has 17 heavy (non-hydrogen) atoms. The van der Waals surface area contributed by atoms with Crippen LogP contribution in [0.15, 0.2) is 18.2 Å². The molecule has 0 aliphatic heterocycles. The maximum Gasteiger partial charge on any atom is 0.160 e. The van der Waals surface area contributed by atoms with Crippen LogP contribution >= 0.6 is 0 Å². The van der Waals surface area contributed by atoms with E-state index >= 15 is 0 Å². The van der Waals surface area contributed by atoms with Crippen LogP contribution in [0.1, 0.15) is 5.56 Å². The first-order chi connectivity index (χ1) is 7.96. The fourth-order valence-corrected chi connectivity index (χ4v) is 2.49. The van der Waals surface area contributed by atoms with Crippen LogP contribution in [-0.4, -0.2) is 29.0 Å². The van der Waals surface area contributed by atoms with Crippen LogP contribution in [0.5, 0.6) is 11.5 Å². The van der Waals surface area contributed by atoms with Crippen molar-refractivity contribution in [3.05, 3.63) is 23.8 Å². The third-order valence-electron chi connectivity index (χ3n) is 2.52. The van der Waals surface area contributed by atoms with Crippen LogP contribution in [0.4, 0.5) is 0 Å². The minimum atomic E-state index is -1.16. The Morgan fingerprint density at radius 3 is 2.24 bits per heavy atom. The number of hydrogen-bond acceptors (Lipinski definition) is 3. The molecule has 0 unspecified atom stereocenters. The Kier molecular flexibility index (Phi) is 5.02. The largest absolute Gasteiger partial charge is 0.493 e. The minimum absolute atomic E-state index is 0.786. The number of rotatable bonds is 6. The van der Waals surface area contributed by atoms with Gasteiger partial charge in [0.25, 0.3) is 0 Å². The van der Waals surface area contributed by atoms with E-state index in [4.69, 9.17) is 9.47 Å². The summed E-state index contributed by atoms with van der Waals surface area (Å²) in [6.45, 7) is 7.94. The Balaban J connectivity index is 2.60. The fraction of sp³-hybridized carbons (Fsp3) is 0.538. The summed E-state index contributed by atoms with van der Waals surface area (Å²) < 4.78 is 10.5. The number of methoxy groups -OCH3 is 2. The summed E-state index contributed by atoms with van der Waals surface area (Å²) in [5.41, 5.74) is 1.27. The van der Waals surface area contributed by atoms with Crippen LogP contribution in [0.25, 0.3) is 0 Å². The van der Waals surface area contributed by atoms with Crippen LogP contribution in [0.2, 0.25) is 19.6 Å². The highest BCUT2D eigenvalue weighted by molar-refractivity contribution is 6.73. The van der Waals surface area contributed by atoms with Gasteiger partial charge in [0.15, 0.2) is 11.5 Å². The van der Waals surface area contributed by atoms with Crippen molar-refractivity contribution in [2.45, 2.75) is 26.1 Å². The van der Waals surface area contributed by atoms with Gasteiger partial charge in [0, 0.05) is 0 Å². The zero-order valence-electron chi connectivity index (χ0n) is 11.5. The average Bonchev–Trinajstić information content (AvgIpc) is 2.27. The second-order valence-corrected chi connectivity index (χ2v) is 9.97. The maximum atomic E-state index is 5.29. The van der Waals surface area contributed by atoms with Gasteiger partial charge in [-0.2, -0.15) is 0 Å². The van der Waals surface area contributed by atoms with E-state index < -0.39 is 8.24 Å². The molecular weight excluding hydrogens is 230 g/mol. The summed E-state index contributed by atoms with van der Waals surface area (Å²) in [5.74, 6) is 1.59. The van der Waals surface area contributed by atoms with Gasteiger partial charge in [-0.3, -0.25) is 0 Å². The summed E-state index contributed by atoms with van der Waals surface area (Å²) in [5, 5.41) is 0. The zero-order chi connectivity index (χ0) is 12.9. The summed E-state index contributed by atoms with van der Waals surface area (Å²) in [4.78, 5) is 3.60. The Hall–Kier alpha value is -1.00. The molecule has 0 bridgehead atoms. The molecule has 0 spiro atoms. The third kappa shape index (κ3) is 4.79. The summed E-state index contributed by atoms with van der Waals surface area (Å²) in [7, 11) is 2.17. The highest BCUT2D eigenvalue weighted by Crippen LogP contribution is 2.27. The molecule has 1 N–H and O–H groups in total. The molecule has 4 heteroatoms. The van der Waals surface area contributed by atoms with E-state index in [-0.39, 0.29) is 0 Å². The van der Waals surface area contributed by atoms with Gasteiger partial charge in [-0.05, 0) is 30.7 Å². The van der Waals surface area contributed by atoms with E-state index in [1.807, 2.05) is 12.1 Å². The van der Waals surface area contributed by atoms with Crippen molar-refractivity contribution < 1.29 is 9.47 Å². The van der Waals surface area contributed by atoms with Gasteiger partial charge >= 0.3 is 0 Å². The molecule has 0 heterocycles. The second-order valence-electron chi connectivity index (χ2n) is 5.12. The Morgan fingerprint density at radius 2 is 1.71 bits per heavy atom. The SMILES string of the molecule is COc1ccc(CCN[Si](C)(C)C)cc1OC. The molecule has 1 aromatic carbocycles. The van der Waals surface area contributed by atoms with Crippen LogP contribution < -0.4 is 14.5 Å².